The Morgan fingerprint density at radius 1 is 1.07 bits per heavy atom. The SMILES string of the molecule is CCc1cc(NC2CCN(C(=O)N3CCCC3)CC2)nc(N2CCOCC2)n1. The molecule has 8 heteroatoms. The van der Waals surface area contributed by atoms with Crippen LogP contribution in [0.25, 0.3) is 0 Å². The molecule has 1 N–H and O–H groups in total. The highest BCUT2D eigenvalue weighted by Crippen LogP contribution is 2.21. The zero-order valence-electron chi connectivity index (χ0n) is 16.9. The number of amides is 2. The fraction of sp³-hybridized carbons (Fsp3) is 0.750. The minimum Gasteiger partial charge on any atom is -0.378 e. The quantitative estimate of drug-likeness (QED) is 0.850. The largest absolute Gasteiger partial charge is 0.378 e. The van der Waals surface area contributed by atoms with Crippen LogP contribution >= 0.6 is 0 Å². The summed E-state index contributed by atoms with van der Waals surface area (Å²) in [5.74, 6) is 1.70. The van der Waals surface area contributed by atoms with Crippen molar-refractivity contribution in [3.8, 4) is 0 Å². The molecule has 0 aliphatic carbocycles. The van der Waals surface area contributed by atoms with Crippen molar-refractivity contribution in [2.75, 3.05) is 62.7 Å². The molecule has 2 amide bonds. The van der Waals surface area contributed by atoms with Gasteiger partial charge in [-0.15, -0.1) is 0 Å². The van der Waals surface area contributed by atoms with Crippen molar-refractivity contribution in [1.29, 1.82) is 0 Å². The van der Waals surface area contributed by atoms with Crippen LogP contribution in [0.1, 0.15) is 38.3 Å². The van der Waals surface area contributed by atoms with Gasteiger partial charge in [-0.25, -0.2) is 9.78 Å². The maximum Gasteiger partial charge on any atom is 0.319 e. The van der Waals surface area contributed by atoms with Crippen LogP contribution in [-0.4, -0.2) is 84.3 Å². The lowest BCUT2D eigenvalue weighted by atomic mass is 10.1. The van der Waals surface area contributed by atoms with E-state index in [-0.39, 0.29) is 6.03 Å². The van der Waals surface area contributed by atoms with Gasteiger partial charge in [0.1, 0.15) is 5.82 Å². The molecule has 154 valence electrons. The second kappa shape index (κ2) is 8.94. The molecule has 3 aliphatic heterocycles. The minimum atomic E-state index is 0.223. The number of carbonyl (C=O) groups excluding carboxylic acids is 1. The molecule has 4 heterocycles. The number of urea groups is 1. The second-order valence-electron chi connectivity index (χ2n) is 7.88. The third-order valence-electron chi connectivity index (χ3n) is 5.92. The van der Waals surface area contributed by atoms with E-state index >= 15 is 0 Å². The summed E-state index contributed by atoms with van der Waals surface area (Å²) in [6, 6.07) is 2.63. The van der Waals surface area contributed by atoms with Crippen LogP contribution in [0.15, 0.2) is 6.07 Å². The third-order valence-corrected chi connectivity index (χ3v) is 5.92. The first kappa shape index (κ1) is 19.2. The Bertz CT molecular complexity index is 665. The van der Waals surface area contributed by atoms with E-state index in [0.717, 1.165) is 102 Å². The summed E-state index contributed by atoms with van der Waals surface area (Å²) in [5, 5.41) is 3.60. The molecule has 4 rings (SSSR count). The van der Waals surface area contributed by atoms with Gasteiger partial charge < -0.3 is 24.8 Å². The summed E-state index contributed by atoms with van der Waals surface area (Å²) in [7, 11) is 0. The summed E-state index contributed by atoms with van der Waals surface area (Å²) in [6.45, 7) is 8.72. The molecule has 3 fully saturated rings. The third kappa shape index (κ3) is 4.48. The molecule has 1 aromatic heterocycles. The van der Waals surface area contributed by atoms with Crippen LogP contribution in [0.5, 0.6) is 0 Å². The van der Waals surface area contributed by atoms with Gasteiger partial charge in [0.25, 0.3) is 0 Å². The minimum absolute atomic E-state index is 0.223. The van der Waals surface area contributed by atoms with Gasteiger partial charge in [-0.05, 0) is 32.1 Å². The van der Waals surface area contributed by atoms with Gasteiger partial charge in [-0.1, -0.05) is 6.92 Å². The fourth-order valence-corrected chi connectivity index (χ4v) is 4.18. The van der Waals surface area contributed by atoms with Gasteiger partial charge in [-0.2, -0.15) is 4.98 Å². The van der Waals surface area contributed by atoms with Gasteiger partial charge in [-0.3, -0.25) is 0 Å². The lowest BCUT2D eigenvalue weighted by Gasteiger charge is -2.35. The summed E-state index contributed by atoms with van der Waals surface area (Å²) < 4.78 is 5.45. The van der Waals surface area contributed by atoms with Gasteiger partial charge in [0.15, 0.2) is 0 Å². The van der Waals surface area contributed by atoms with Crippen LogP contribution in [0, 0.1) is 0 Å². The monoisotopic (exact) mass is 388 g/mol. The average molecular weight is 389 g/mol. The van der Waals surface area contributed by atoms with E-state index < -0.39 is 0 Å². The maximum atomic E-state index is 12.6. The second-order valence-corrected chi connectivity index (χ2v) is 7.88. The Balaban J connectivity index is 1.35. The number of nitrogens with zero attached hydrogens (tertiary/aromatic N) is 5. The normalized spacial score (nSPS) is 21.2. The lowest BCUT2D eigenvalue weighted by Crippen LogP contribution is -2.47. The Kier molecular flexibility index (Phi) is 6.14. The first-order valence-corrected chi connectivity index (χ1v) is 10.7. The molecule has 0 radical (unpaired) electrons. The van der Waals surface area contributed by atoms with Crippen molar-refractivity contribution in [3.63, 3.8) is 0 Å². The van der Waals surface area contributed by atoms with Crippen molar-refractivity contribution in [1.82, 2.24) is 19.8 Å². The predicted octanol–water partition coefficient (Wildman–Crippen LogP) is 1.97. The Morgan fingerprint density at radius 3 is 2.43 bits per heavy atom. The number of anilines is 2. The zero-order valence-corrected chi connectivity index (χ0v) is 16.9. The van der Waals surface area contributed by atoms with E-state index in [2.05, 4.69) is 23.2 Å². The van der Waals surface area contributed by atoms with E-state index in [1.54, 1.807) is 0 Å². The van der Waals surface area contributed by atoms with Crippen molar-refractivity contribution >= 4 is 17.8 Å². The van der Waals surface area contributed by atoms with E-state index in [4.69, 9.17) is 14.7 Å². The number of rotatable bonds is 4. The molecule has 1 aromatic rings. The summed E-state index contributed by atoms with van der Waals surface area (Å²) in [6.07, 6.45) is 5.08. The molecule has 3 aliphatic rings. The molecule has 28 heavy (non-hydrogen) atoms. The number of ether oxygens (including phenoxy) is 1. The highest BCUT2D eigenvalue weighted by molar-refractivity contribution is 5.74. The standard InChI is InChI=1S/C20H32N6O2/c1-2-16-15-18(23-19(22-16)24-11-13-28-14-12-24)21-17-5-9-26(10-6-17)20(27)25-7-3-4-8-25/h15,17H,2-14H2,1H3,(H,21,22,23). The smallest absolute Gasteiger partial charge is 0.319 e. The van der Waals surface area contributed by atoms with Gasteiger partial charge >= 0.3 is 6.03 Å². The Labute approximate surface area is 167 Å². The number of aromatic nitrogens is 2. The van der Waals surface area contributed by atoms with Gasteiger partial charge in [0, 0.05) is 57.1 Å². The summed E-state index contributed by atoms with van der Waals surface area (Å²) in [4.78, 5) is 28.3. The van der Waals surface area contributed by atoms with Gasteiger partial charge in [0.2, 0.25) is 5.95 Å². The molecule has 8 nitrogen and oxygen atoms in total. The van der Waals surface area contributed by atoms with E-state index in [0.29, 0.717) is 6.04 Å². The highest BCUT2D eigenvalue weighted by atomic mass is 16.5. The molecule has 0 spiro atoms. The number of hydrogen-bond donors (Lipinski definition) is 1. The van der Waals surface area contributed by atoms with E-state index in [1.165, 1.54) is 0 Å². The fourth-order valence-electron chi connectivity index (χ4n) is 4.18. The number of piperidine rings is 1. The number of nitrogens with one attached hydrogen (secondary N) is 1. The molecule has 0 atom stereocenters. The molecule has 3 saturated heterocycles. The molecular formula is C20H32N6O2. The van der Waals surface area contributed by atoms with E-state index in [9.17, 15) is 4.79 Å². The number of hydrogen-bond acceptors (Lipinski definition) is 6. The van der Waals surface area contributed by atoms with Crippen LogP contribution < -0.4 is 10.2 Å². The number of morpholine rings is 1. The molecule has 0 saturated carbocycles. The first-order chi connectivity index (χ1) is 13.7. The molecular weight excluding hydrogens is 356 g/mol. The van der Waals surface area contributed by atoms with Crippen LogP contribution in [0.3, 0.4) is 0 Å². The van der Waals surface area contributed by atoms with Crippen molar-refractivity contribution in [2.24, 2.45) is 0 Å². The Morgan fingerprint density at radius 2 is 1.75 bits per heavy atom. The topological polar surface area (TPSA) is 73.8 Å². The lowest BCUT2D eigenvalue weighted by molar-refractivity contribution is 0.122. The first-order valence-electron chi connectivity index (χ1n) is 10.7. The van der Waals surface area contributed by atoms with Crippen LogP contribution in [0.2, 0.25) is 0 Å². The Hall–Kier alpha value is -2.09. The van der Waals surface area contributed by atoms with E-state index in [1.807, 2.05) is 9.80 Å². The molecule has 0 bridgehead atoms. The van der Waals surface area contributed by atoms with Gasteiger partial charge in [0.05, 0.1) is 13.2 Å². The highest BCUT2D eigenvalue weighted by Gasteiger charge is 2.28. The number of aryl methyl sites for hydroxylation is 1. The number of likely N-dealkylation sites (tertiary alicyclic amines) is 2. The van der Waals surface area contributed by atoms with Crippen molar-refractivity contribution < 1.29 is 9.53 Å². The van der Waals surface area contributed by atoms with Crippen molar-refractivity contribution in [2.45, 2.75) is 45.1 Å². The van der Waals surface area contributed by atoms with Crippen LogP contribution in [0.4, 0.5) is 16.6 Å². The zero-order chi connectivity index (χ0) is 19.3. The molecule has 0 aromatic carbocycles. The average Bonchev–Trinajstić information content (AvgIpc) is 3.29. The summed E-state index contributed by atoms with van der Waals surface area (Å²) in [5.41, 5.74) is 1.06. The number of carbonyl (C=O) groups is 1. The van der Waals surface area contributed by atoms with Crippen molar-refractivity contribution in [3.05, 3.63) is 11.8 Å². The molecule has 0 unspecified atom stereocenters. The van der Waals surface area contributed by atoms with Crippen LogP contribution in [-0.2, 0) is 11.2 Å². The maximum absolute atomic E-state index is 12.6. The predicted molar refractivity (Wildman–Crippen MR) is 109 cm³/mol. The summed E-state index contributed by atoms with van der Waals surface area (Å²) >= 11 is 0.